The van der Waals surface area contributed by atoms with Crippen molar-refractivity contribution in [3.05, 3.63) is 39.9 Å². The number of hydrogen-bond acceptors (Lipinski definition) is 6. The van der Waals surface area contributed by atoms with Crippen molar-refractivity contribution in [1.29, 1.82) is 0 Å². The molecule has 0 amide bonds. The van der Waals surface area contributed by atoms with Gasteiger partial charge in [-0.05, 0) is 25.5 Å². The number of rotatable bonds is 2. The van der Waals surface area contributed by atoms with Crippen LogP contribution in [0.5, 0.6) is 0 Å². The van der Waals surface area contributed by atoms with Crippen LogP contribution in [0.3, 0.4) is 0 Å². The van der Waals surface area contributed by atoms with Crippen LogP contribution in [0.1, 0.15) is 11.4 Å². The Balaban J connectivity index is 2.85. The highest BCUT2D eigenvalue weighted by Gasteiger charge is 2.20. The van der Waals surface area contributed by atoms with Gasteiger partial charge in [-0.25, -0.2) is 8.42 Å². The Morgan fingerprint density at radius 2 is 1.85 bits per heavy atom. The van der Waals surface area contributed by atoms with Crippen molar-refractivity contribution in [2.45, 2.75) is 18.7 Å². The average Bonchev–Trinajstić information content (AvgIpc) is 2.36. The summed E-state index contributed by atoms with van der Waals surface area (Å²) in [5.74, 6) is 0.0202. The third-order valence-electron chi connectivity index (χ3n) is 2.79. The first kappa shape index (κ1) is 14.2. The fraction of sp³-hybridized carbons (Fsp3) is 0.250. The Bertz CT molecular complexity index is 840. The molecule has 0 aliphatic rings. The molecule has 1 N–H and O–H groups in total. The molecule has 1 heterocycles. The van der Waals surface area contributed by atoms with Gasteiger partial charge in [-0.3, -0.25) is 4.79 Å². The van der Waals surface area contributed by atoms with Crippen molar-refractivity contribution in [3.8, 4) is 11.3 Å². The van der Waals surface area contributed by atoms with Gasteiger partial charge < -0.3 is 5.21 Å². The lowest BCUT2D eigenvalue weighted by molar-refractivity contribution is 0.162. The van der Waals surface area contributed by atoms with E-state index in [1.165, 1.54) is 19.1 Å². The predicted octanol–water partition coefficient (Wildman–Crippen LogP) is 0.563. The van der Waals surface area contributed by atoms with Crippen molar-refractivity contribution < 1.29 is 13.6 Å². The van der Waals surface area contributed by atoms with E-state index in [0.29, 0.717) is 4.73 Å². The van der Waals surface area contributed by atoms with Crippen molar-refractivity contribution in [2.75, 3.05) is 6.26 Å². The fourth-order valence-electron chi connectivity index (χ4n) is 1.76. The van der Waals surface area contributed by atoms with Gasteiger partial charge in [-0.1, -0.05) is 12.1 Å². The maximum atomic E-state index is 12.0. The highest BCUT2D eigenvalue weighted by Crippen LogP contribution is 2.24. The third kappa shape index (κ3) is 2.42. The second kappa shape index (κ2) is 4.71. The van der Waals surface area contributed by atoms with Crippen LogP contribution in [0.4, 0.5) is 0 Å². The number of aromatic nitrogens is 3. The molecule has 2 aromatic rings. The van der Waals surface area contributed by atoms with Crippen molar-refractivity contribution in [3.63, 3.8) is 0 Å². The molecule has 0 unspecified atom stereocenters. The van der Waals surface area contributed by atoms with E-state index in [2.05, 4.69) is 10.2 Å². The van der Waals surface area contributed by atoms with Crippen LogP contribution in [0.25, 0.3) is 11.3 Å². The summed E-state index contributed by atoms with van der Waals surface area (Å²) in [6.45, 7) is 3.15. The number of benzene rings is 1. The zero-order valence-electron chi connectivity index (χ0n) is 11.2. The molecule has 2 rings (SSSR count). The Hall–Kier alpha value is -2.22. The number of nitrogens with zero attached hydrogens (tertiary/aromatic N) is 3. The molecule has 1 aromatic heterocycles. The van der Waals surface area contributed by atoms with E-state index < -0.39 is 15.4 Å². The summed E-state index contributed by atoms with van der Waals surface area (Å²) in [6.07, 6.45) is 1.05. The van der Waals surface area contributed by atoms with Crippen LogP contribution in [0, 0.1) is 13.8 Å². The van der Waals surface area contributed by atoms with Crippen molar-refractivity contribution in [1.82, 2.24) is 14.9 Å². The molecule has 0 atom stereocenters. The predicted molar refractivity (Wildman–Crippen MR) is 71.5 cm³/mol. The maximum Gasteiger partial charge on any atom is 0.313 e. The number of hydrogen-bond donors (Lipinski definition) is 1. The molecular weight excluding hydrogens is 282 g/mol. The molecule has 7 nitrogen and oxygen atoms in total. The van der Waals surface area contributed by atoms with E-state index in [0.717, 1.165) is 11.8 Å². The summed E-state index contributed by atoms with van der Waals surface area (Å²) < 4.78 is 24.0. The second-order valence-electron chi connectivity index (χ2n) is 4.48. The smallest absolute Gasteiger partial charge is 0.313 e. The van der Waals surface area contributed by atoms with Gasteiger partial charge in [-0.15, -0.1) is 14.9 Å². The SMILES string of the molecule is Cc1ccc(-c2nnc(C)n(O)c2=O)c(S(C)(=O)=O)c1. The zero-order valence-corrected chi connectivity index (χ0v) is 12.0. The van der Waals surface area contributed by atoms with Gasteiger partial charge in [0, 0.05) is 11.8 Å². The third-order valence-corrected chi connectivity index (χ3v) is 3.92. The van der Waals surface area contributed by atoms with Gasteiger partial charge in [0.05, 0.1) is 4.90 Å². The number of aryl methyl sites for hydroxylation is 2. The first-order valence-electron chi connectivity index (χ1n) is 5.68. The normalized spacial score (nSPS) is 11.6. The highest BCUT2D eigenvalue weighted by molar-refractivity contribution is 7.90. The van der Waals surface area contributed by atoms with Crippen molar-refractivity contribution in [2.24, 2.45) is 0 Å². The van der Waals surface area contributed by atoms with Crippen LogP contribution in [0.15, 0.2) is 27.9 Å². The van der Waals surface area contributed by atoms with Gasteiger partial charge in [0.1, 0.15) is 0 Å². The molecule has 106 valence electrons. The molecular formula is C12H13N3O4S. The van der Waals surface area contributed by atoms with Gasteiger partial charge in [0.2, 0.25) is 0 Å². The summed E-state index contributed by atoms with van der Waals surface area (Å²) in [6, 6.07) is 4.59. The van der Waals surface area contributed by atoms with E-state index in [1.54, 1.807) is 13.0 Å². The quantitative estimate of drug-likeness (QED) is 0.812. The van der Waals surface area contributed by atoms with Gasteiger partial charge in [0.25, 0.3) is 0 Å². The largest absolute Gasteiger partial charge is 0.424 e. The molecule has 0 saturated heterocycles. The molecule has 0 aliphatic carbocycles. The zero-order chi connectivity index (χ0) is 15.1. The summed E-state index contributed by atoms with van der Waals surface area (Å²) in [7, 11) is -3.54. The van der Waals surface area contributed by atoms with E-state index in [4.69, 9.17) is 0 Å². The van der Waals surface area contributed by atoms with E-state index in [-0.39, 0.29) is 22.0 Å². The fourth-order valence-corrected chi connectivity index (χ4v) is 2.72. The Morgan fingerprint density at radius 3 is 2.45 bits per heavy atom. The Morgan fingerprint density at radius 1 is 1.20 bits per heavy atom. The molecule has 20 heavy (non-hydrogen) atoms. The molecule has 0 radical (unpaired) electrons. The maximum absolute atomic E-state index is 12.0. The van der Waals surface area contributed by atoms with E-state index in [9.17, 15) is 18.4 Å². The lowest BCUT2D eigenvalue weighted by Gasteiger charge is -2.08. The lowest BCUT2D eigenvalue weighted by atomic mass is 10.1. The standard InChI is InChI=1S/C12H13N3O4S/c1-7-4-5-9(10(6-7)20(3,18)19)11-12(16)15(17)8(2)13-14-11/h4-6,17H,1-3H3. The van der Waals surface area contributed by atoms with Crippen LogP contribution < -0.4 is 5.56 Å². The molecule has 0 bridgehead atoms. The minimum Gasteiger partial charge on any atom is -0.424 e. The van der Waals surface area contributed by atoms with Gasteiger partial charge in [-0.2, -0.15) is 0 Å². The molecule has 0 aliphatic heterocycles. The minimum absolute atomic E-state index is 0.0202. The number of sulfone groups is 1. The summed E-state index contributed by atoms with van der Waals surface area (Å²) in [5, 5.41) is 16.9. The summed E-state index contributed by atoms with van der Waals surface area (Å²) >= 11 is 0. The van der Waals surface area contributed by atoms with Crippen LogP contribution in [-0.2, 0) is 9.84 Å². The van der Waals surface area contributed by atoms with E-state index in [1.807, 2.05) is 0 Å². The highest BCUT2D eigenvalue weighted by atomic mass is 32.2. The molecule has 1 aromatic carbocycles. The average molecular weight is 295 g/mol. The first-order chi connectivity index (χ1) is 9.21. The monoisotopic (exact) mass is 295 g/mol. The van der Waals surface area contributed by atoms with Crippen molar-refractivity contribution >= 4 is 9.84 Å². The Kier molecular flexibility index (Phi) is 3.34. The Labute approximate surface area is 115 Å². The van der Waals surface area contributed by atoms with Crippen LogP contribution in [0.2, 0.25) is 0 Å². The molecule has 0 saturated carbocycles. The van der Waals surface area contributed by atoms with Gasteiger partial charge in [0.15, 0.2) is 21.4 Å². The van der Waals surface area contributed by atoms with Crippen LogP contribution >= 0.6 is 0 Å². The van der Waals surface area contributed by atoms with Crippen LogP contribution in [-0.4, -0.2) is 34.8 Å². The lowest BCUT2D eigenvalue weighted by Crippen LogP contribution is -2.25. The molecule has 0 spiro atoms. The summed E-state index contributed by atoms with van der Waals surface area (Å²) in [4.78, 5) is 11.9. The first-order valence-corrected chi connectivity index (χ1v) is 7.57. The summed E-state index contributed by atoms with van der Waals surface area (Å²) in [5.41, 5.74) is -0.165. The topological polar surface area (TPSA) is 102 Å². The molecule has 8 heteroatoms. The molecule has 0 fully saturated rings. The van der Waals surface area contributed by atoms with E-state index >= 15 is 0 Å². The minimum atomic E-state index is -3.54. The second-order valence-corrected chi connectivity index (χ2v) is 6.47. The van der Waals surface area contributed by atoms with Gasteiger partial charge >= 0.3 is 5.56 Å².